The van der Waals surface area contributed by atoms with Gasteiger partial charge in [0, 0.05) is 30.3 Å². The standard InChI is InChI=1S/C17H17N3O3S/c1-13-9-14(11-15(10-13)20-7-3-4-8-20)19-24(21,22)16-5-6-18-17(12-16)23-2/h3-12,19H,1-2H3. The summed E-state index contributed by atoms with van der Waals surface area (Å²) in [7, 11) is -2.29. The normalized spacial score (nSPS) is 11.2. The average molecular weight is 343 g/mol. The molecule has 24 heavy (non-hydrogen) atoms. The Bertz CT molecular complexity index is 951. The van der Waals surface area contributed by atoms with Gasteiger partial charge in [0.1, 0.15) is 0 Å². The number of hydrogen-bond donors (Lipinski definition) is 1. The Balaban J connectivity index is 1.95. The van der Waals surface area contributed by atoms with E-state index in [4.69, 9.17) is 4.74 Å². The maximum atomic E-state index is 12.6. The van der Waals surface area contributed by atoms with Crippen molar-refractivity contribution in [3.63, 3.8) is 0 Å². The van der Waals surface area contributed by atoms with Crippen molar-refractivity contribution in [3.05, 3.63) is 66.6 Å². The first-order chi connectivity index (χ1) is 11.5. The molecule has 7 heteroatoms. The van der Waals surface area contributed by atoms with Gasteiger partial charge >= 0.3 is 0 Å². The van der Waals surface area contributed by atoms with Crippen molar-refractivity contribution in [2.75, 3.05) is 11.8 Å². The monoisotopic (exact) mass is 343 g/mol. The minimum absolute atomic E-state index is 0.0957. The smallest absolute Gasteiger partial charge is 0.262 e. The maximum absolute atomic E-state index is 12.6. The van der Waals surface area contributed by atoms with Crippen molar-refractivity contribution in [2.24, 2.45) is 0 Å². The topological polar surface area (TPSA) is 73.2 Å². The highest BCUT2D eigenvalue weighted by molar-refractivity contribution is 7.92. The Hall–Kier alpha value is -2.80. The Morgan fingerprint density at radius 3 is 2.58 bits per heavy atom. The second-order valence-corrected chi connectivity index (χ2v) is 6.97. The number of nitrogens with zero attached hydrogens (tertiary/aromatic N) is 2. The van der Waals surface area contributed by atoms with E-state index in [1.807, 2.05) is 42.1 Å². The summed E-state index contributed by atoms with van der Waals surface area (Å²) >= 11 is 0. The second kappa shape index (κ2) is 6.37. The van der Waals surface area contributed by atoms with Gasteiger partial charge in [-0.15, -0.1) is 0 Å². The van der Waals surface area contributed by atoms with Crippen molar-refractivity contribution in [1.29, 1.82) is 0 Å². The van der Waals surface area contributed by atoms with Gasteiger partial charge in [-0.05, 0) is 48.9 Å². The van der Waals surface area contributed by atoms with E-state index in [1.165, 1.54) is 25.4 Å². The van der Waals surface area contributed by atoms with Crippen molar-refractivity contribution < 1.29 is 13.2 Å². The third-order valence-electron chi connectivity index (χ3n) is 3.44. The van der Waals surface area contributed by atoms with Gasteiger partial charge in [0.2, 0.25) is 5.88 Å². The maximum Gasteiger partial charge on any atom is 0.262 e. The van der Waals surface area contributed by atoms with Gasteiger partial charge in [-0.1, -0.05) is 0 Å². The van der Waals surface area contributed by atoms with Gasteiger partial charge in [0.25, 0.3) is 10.0 Å². The molecule has 0 aliphatic carbocycles. The molecule has 2 heterocycles. The number of hydrogen-bond acceptors (Lipinski definition) is 4. The number of benzene rings is 1. The van der Waals surface area contributed by atoms with E-state index in [2.05, 4.69) is 9.71 Å². The predicted molar refractivity (Wildman–Crippen MR) is 92.1 cm³/mol. The Morgan fingerprint density at radius 2 is 1.88 bits per heavy atom. The highest BCUT2D eigenvalue weighted by Crippen LogP contribution is 2.22. The fourth-order valence-electron chi connectivity index (χ4n) is 2.36. The summed E-state index contributed by atoms with van der Waals surface area (Å²) in [6.07, 6.45) is 5.20. The molecule has 0 bridgehead atoms. The molecule has 1 N–H and O–H groups in total. The van der Waals surface area contributed by atoms with Crippen LogP contribution >= 0.6 is 0 Å². The summed E-state index contributed by atoms with van der Waals surface area (Å²) < 4.78 is 34.7. The predicted octanol–water partition coefficient (Wildman–Crippen LogP) is 2.99. The number of ether oxygens (including phenoxy) is 1. The SMILES string of the molecule is COc1cc(S(=O)(=O)Nc2cc(C)cc(-n3cccc3)c2)ccn1. The molecule has 0 atom stereocenters. The number of aryl methyl sites for hydroxylation is 1. The molecule has 0 fully saturated rings. The Morgan fingerprint density at radius 1 is 1.12 bits per heavy atom. The Labute approximate surface area is 140 Å². The molecule has 3 rings (SSSR count). The highest BCUT2D eigenvalue weighted by atomic mass is 32.2. The van der Waals surface area contributed by atoms with E-state index in [0.717, 1.165) is 11.3 Å². The van der Waals surface area contributed by atoms with Gasteiger partial charge < -0.3 is 9.30 Å². The van der Waals surface area contributed by atoms with Crippen molar-refractivity contribution in [2.45, 2.75) is 11.8 Å². The molecule has 3 aromatic rings. The van der Waals surface area contributed by atoms with Crippen LogP contribution in [0.5, 0.6) is 5.88 Å². The van der Waals surface area contributed by atoms with Crippen molar-refractivity contribution in [3.8, 4) is 11.6 Å². The van der Waals surface area contributed by atoms with Crippen LogP contribution in [0.15, 0.2) is 66.0 Å². The summed E-state index contributed by atoms with van der Waals surface area (Å²) in [4.78, 5) is 4.02. The molecule has 0 aliphatic rings. The van der Waals surface area contributed by atoms with Gasteiger partial charge in [-0.25, -0.2) is 13.4 Å². The number of pyridine rings is 1. The first-order valence-electron chi connectivity index (χ1n) is 7.26. The van der Waals surface area contributed by atoms with Crippen LogP contribution in [0.2, 0.25) is 0 Å². The minimum Gasteiger partial charge on any atom is -0.481 e. The minimum atomic E-state index is -3.73. The van der Waals surface area contributed by atoms with Crippen LogP contribution in [-0.4, -0.2) is 25.1 Å². The van der Waals surface area contributed by atoms with Crippen LogP contribution in [0.25, 0.3) is 5.69 Å². The lowest BCUT2D eigenvalue weighted by Crippen LogP contribution is -2.13. The van der Waals surface area contributed by atoms with E-state index >= 15 is 0 Å². The summed E-state index contributed by atoms with van der Waals surface area (Å²) in [5, 5.41) is 0. The summed E-state index contributed by atoms with van der Waals surface area (Å²) in [6.45, 7) is 1.92. The molecule has 0 radical (unpaired) electrons. The lowest BCUT2D eigenvalue weighted by atomic mass is 10.2. The van der Waals surface area contributed by atoms with Crippen LogP contribution in [-0.2, 0) is 10.0 Å². The zero-order valence-corrected chi connectivity index (χ0v) is 14.1. The molecule has 0 unspecified atom stereocenters. The number of aromatic nitrogens is 2. The van der Waals surface area contributed by atoms with Gasteiger partial charge in [0.15, 0.2) is 0 Å². The molecule has 1 aromatic carbocycles. The number of nitrogens with one attached hydrogen (secondary N) is 1. The largest absolute Gasteiger partial charge is 0.481 e. The van der Waals surface area contributed by atoms with E-state index < -0.39 is 10.0 Å². The summed E-state index contributed by atoms with van der Waals surface area (Å²) in [5.41, 5.74) is 2.32. The lowest BCUT2D eigenvalue weighted by Gasteiger charge is -2.12. The summed E-state index contributed by atoms with van der Waals surface area (Å²) in [6, 6.07) is 12.2. The second-order valence-electron chi connectivity index (χ2n) is 5.29. The number of sulfonamides is 1. The molecule has 0 saturated carbocycles. The zero-order chi connectivity index (χ0) is 17.2. The number of anilines is 1. The van der Waals surface area contributed by atoms with E-state index in [0.29, 0.717) is 5.69 Å². The Kier molecular flexibility index (Phi) is 4.26. The van der Waals surface area contributed by atoms with Crippen LogP contribution in [0.1, 0.15) is 5.56 Å². The van der Waals surface area contributed by atoms with E-state index in [1.54, 1.807) is 12.1 Å². The lowest BCUT2D eigenvalue weighted by molar-refractivity contribution is 0.396. The van der Waals surface area contributed by atoms with Crippen LogP contribution < -0.4 is 9.46 Å². The molecule has 0 saturated heterocycles. The molecule has 124 valence electrons. The van der Waals surface area contributed by atoms with Gasteiger partial charge in [-0.2, -0.15) is 0 Å². The van der Waals surface area contributed by atoms with E-state index in [9.17, 15) is 8.42 Å². The van der Waals surface area contributed by atoms with Crippen LogP contribution in [0, 0.1) is 6.92 Å². The molecule has 0 aliphatic heterocycles. The number of methoxy groups -OCH3 is 1. The van der Waals surface area contributed by atoms with Crippen LogP contribution in [0.3, 0.4) is 0 Å². The van der Waals surface area contributed by atoms with Crippen LogP contribution in [0.4, 0.5) is 5.69 Å². The molecule has 2 aromatic heterocycles. The average Bonchev–Trinajstić information content (AvgIpc) is 3.08. The van der Waals surface area contributed by atoms with Gasteiger partial charge in [0.05, 0.1) is 17.7 Å². The van der Waals surface area contributed by atoms with Crippen molar-refractivity contribution >= 4 is 15.7 Å². The first-order valence-corrected chi connectivity index (χ1v) is 8.74. The zero-order valence-electron chi connectivity index (χ0n) is 13.3. The molecule has 6 nitrogen and oxygen atoms in total. The fourth-order valence-corrected chi connectivity index (χ4v) is 3.40. The molecular weight excluding hydrogens is 326 g/mol. The molecule has 0 spiro atoms. The highest BCUT2D eigenvalue weighted by Gasteiger charge is 2.16. The number of rotatable bonds is 5. The van der Waals surface area contributed by atoms with Crippen molar-refractivity contribution in [1.82, 2.24) is 9.55 Å². The molecule has 0 amide bonds. The third-order valence-corrected chi connectivity index (χ3v) is 4.82. The first kappa shape index (κ1) is 16.1. The summed E-state index contributed by atoms with van der Waals surface area (Å²) in [5.74, 6) is 0.246. The van der Waals surface area contributed by atoms with Gasteiger partial charge in [-0.3, -0.25) is 4.72 Å². The third kappa shape index (κ3) is 3.41. The fraction of sp³-hybridized carbons (Fsp3) is 0.118. The van der Waals surface area contributed by atoms with E-state index in [-0.39, 0.29) is 10.8 Å². The molecular formula is C17H17N3O3S. The quantitative estimate of drug-likeness (QED) is 0.773.